The molecule has 0 saturated heterocycles. The van der Waals surface area contributed by atoms with E-state index in [0.29, 0.717) is 12.2 Å². The van der Waals surface area contributed by atoms with Gasteiger partial charge in [-0.15, -0.1) is 0 Å². The number of urea groups is 1. The standard InChI is InChI=1S/C18H26N2.C15H16N2O2.C5H10O3.C2H4O2/c1-6-8-10-19-16(5)17-12-18(20-13-17)15(4)11-14(3)9-7-2;1-10-3-4-11(2)14(9-10)17-15(19)16-12-5-7-13(18)8-6-12;1-2-8-4-5(7)3-6;1-4-2-3/h7,9,11-13,19-20H,4-6,8,10H2,1-3H3;3-9,18H,1-2H3,(H2,16,17,19);2,5-7H,1,3-4H2;2H,1H3/b9-7-,14-11-;;;. The Hall–Kier alpha value is -5.52. The summed E-state index contributed by atoms with van der Waals surface area (Å²) in [5.74, 6) is 0.167. The summed E-state index contributed by atoms with van der Waals surface area (Å²) >= 11 is 0. The van der Waals surface area contributed by atoms with E-state index >= 15 is 0 Å². The number of carbonyl (C=O) groups excluding carboxylic acids is 2. The van der Waals surface area contributed by atoms with Crippen LogP contribution in [0.3, 0.4) is 0 Å². The molecule has 11 heteroatoms. The van der Waals surface area contributed by atoms with Gasteiger partial charge < -0.3 is 45.7 Å². The van der Waals surface area contributed by atoms with Gasteiger partial charge in [-0.1, -0.05) is 69.0 Å². The molecule has 11 nitrogen and oxygen atoms in total. The van der Waals surface area contributed by atoms with Crippen LogP contribution in [0.15, 0.2) is 105 Å². The van der Waals surface area contributed by atoms with Crippen molar-refractivity contribution in [2.75, 3.05) is 37.5 Å². The normalized spacial score (nSPS) is 10.8. The number of hydrogen-bond donors (Lipinski definition) is 7. The highest BCUT2D eigenvalue weighted by molar-refractivity contribution is 6.00. The maximum absolute atomic E-state index is 11.8. The molecule has 0 aliphatic heterocycles. The molecule has 2 aromatic carbocycles. The largest absolute Gasteiger partial charge is 0.508 e. The number of aromatic nitrogens is 1. The molecule has 0 aliphatic rings. The zero-order valence-electron chi connectivity index (χ0n) is 30.8. The van der Waals surface area contributed by atoms with E-state index < -0.39 is 6.10 Å². The Labute approximate surface area is 303 Å². The third kappa shape index (κ3) is 21.2. The maximum atomic E-state index is 11.8. The number of phenolic OH excluding ortho intramolecular Hbond substituents is 1. The van der Waals surface area contributed by atoms with E-state index in [1.165, 1.54) is 37.5 Å². The number of aliphatic hydroxyl groups excluding tert-OH is 2. The predicted octanol–water partition coefficient (Wildman–Crippen LogP) is 7.85. The lowest BCUT2D eigenvalue weighted by molar-refractivity contribution is -0.126. The van der Waals surface area contributed by atoms with Crippen LogP contribution in [0.1, 0.15) is 56.0 Å². The molecule has 0 fully saturated rings. The van der Waals surface area contributed by atoms with E-state index in [1.807, 2.05) is 51.2 Å². The molecular formula is C40H56N4O7. The SMILES string of the molecule is C=C(NCCCC)c1c[nH]c(C(=C)/C=C(C)\C=C/C)c1.C=COCC(O)CO.COC=O.Cc1ccc(C)c(NC(=O)Nc2ccc(O)cc2)c1. The van der Waals surface area contributed by atoms with E-state index in [9.17, 15) is 4.79 Å². The number of aryl methyl sites for hydroxylation is 2. The minimum atomic E-state index is -0.784. The summed E-state index contributed by atoms with van der Waals surface area (Å²) < 4.78 is 8.40. The van der Waals surface area contributed by atoms with Crippen LogP contribution < -0.4 is 16.0 Å². The molecule has 0 saturated carbocycles. The Bertz CT molecular complexity index is 1540. The van der Waals surface area contributed by atoms with E-state index in [0.717, 1.165) is 52.3 Å². The molecule has 1 aromatic heterocycles. The summed E-state index contributed by atoms with van der Waals surface area (Å²) in [7, 11) is 1.31. The highest BCUT2D eigenvalue weighted by Gasteiger charge is 2.06. The van der Waals surface area contributed by atoms with Crippen molar-refractivity contribution >= 4 is 35.1 Å². The van der Waals surface area contributed by atoms with Crippen molar-refractivity contribution in [3.05, 3.63) is 127 Å². The Kier molecular flexibility index (Phi) is 24.4. The van der Waals surface area contributed by atoms with Crippen LogP contribution >= 0.6 is 0 Å². The van der Waals surface area contributed by atoms with E-state index in [4.69, 9.17) is 20.1 Å². The predicted molar refractivity (Wildman–Crippen MR) is 209 cm³/mol. The fourth-order valence-electron chi connectivity index (χ4n) is 3.87. The van der Waals surface area contributed by atoms with Gasteiger partial charge in [0.25, 0.3) is 6.47 Å². The molecular weight excluding hydrogens is 648 g/mol. The van der Waals surface area contributed by atoms with E-state index in [1.54, 1.807) is 12.1 Å². The molecule has 1 atom stereocenters. The van der Waals surface area contributed by atoms with Gasteiger partial charge in [0.15, 0.2) is 0 Å². The molecule has 1 unspecified atom stereocenters. The molecule has 278 valence electrons. The molecule has 0 bridgehead atoms. The number of benzene rings is 2. The van der Waals surface area contributed by atoms with Crippen LogP contribution in [-0.2, 0) is 14.3 Å². The molecule has 3 rings (SSSR count). The third-order valence-electron chi connectivity index (χ3n) is 6.56. The van der Waals surface area contributed by atoms with Gasteiger partial charge >= 0.3 is 6.03 Å². The number of aliphatic hydroxyl groups is 2. The smallest absolute Gasteiger partial charge is 0.323 e. The lowest BCUT2D eigenvalue weighted by Crippen LogP contribution is -2.19. The number of methoxy groups -OCH3 is 1. The van der Waals surface area contributed by atoms with Crippen molar-refractivity contribution in [3.63, 3.8) is 0 Å². The molecule has 0 aliphatic carbocycles. The van der Waals surface area contributed by atoms with Gasteiger partial charge in [0.05, 0.1) is 20.0 Å². The van der Waals surface area contributed by atoms with Gasteiger partial charge in [0.1, 0.15) is 18.5 Å². The molecule has 51 heavy (non-hydrogen) atoms. The second kappa shape index (κ2) is 27.3. The van der Waals surface area contributed by atoms with Gasteiger partial charge in [0, 0.05) is 41.1 Å². The van der Waals surface area contributed by atoms with Gasteiger partial charge in [-0.05, 0) is 87.2 Å². The zero-order valence-corrected chi connectivity index (χ0v) is 30.8. The van der Waals surface area contributed by atoms with E-state index in [-0.39, 0.29) is 25.0 Å². The monoisotopic (exact) mass is 704 g/mol. The highest BCUT2D eigenvalue weighted by atomic mass is 16.5. The lowest BCUT2D eigenvalue weighted by atomic mass is 10.1. The number of unbranched alkanes of at least 4 members (excludes halogenated alkanes) is 1. The summed E-state index contributed by atoms with van der Waals surface area (Å²) in [4.78, 5) is 24.1. The quantitative estimate of drug-likeness (QED) is 0.0276. The molecule has 3 aromatic rings. The van der Waals surface area contributed by atoms with Gasteiger partial charge in [-0.25, -0.2) is 4.79 Å². The average molecular weight is 705 g/mol. The number of aromatic hydroxyl groups is 1. The molecule has 2 amide bonds. The van der Waals surface area contributed by atoms with Gasteiger partial charge in [-0.2, -0.15) is 0 Å². The van der Waals surface area contributed by atoms with Crippen molar-refractivity contribution in [2.45, 2.75) is 53.6 Å². The average Bonchev–Trinajstić information content (AvgIpc) is 3.62. The Balaban J connectivity index is 0.000000748. The van der Waals surface area contributed by atoms with Gasteiger partial charge in [0.2, 0.25) is 0 Å². The Morgan fingerprint density at radius 2 is 1.75 bits per heavy atom. The van der Waals surface area contributed by atoms with Gasteiger partial charge in [-0.3, -0.25) is 4.79 Å². The summed E-state index contributed by atoms with van der Waals surface area (Å²) in [5.41, 5.74) is 8.76. The summed E-state index contributed by atoms with van der Waals surface area (Å²) in [6.07, 6.45) is 10.9. The van der Waals surface area contributed by atoms with Crippen molar-refractivity contribution in [1.29, 1.82) is 0 Å². The van der Waals surface area contributed by atoms with Crippen LogP contribution in [0.25, 0.3) is 11.3 Å². The maximum Gasteiger partial charge on any atom is 0.323 e. The topological polar surface area (TPSA) is 165 Å². The summed E-state index contributed by atoms with van der Waals surface area (Å²) in [6.45, 7) is 22.8. The minimum Gasteiger partial charge on any atom is -0.508 e. The fraction of sp³-hybridized carbons (Fsp3) is 0.300. The van der Waals surface area contributed by atoms with Crippen LogP contribution in [-0.4, -0.2) is 65.8 Å². The van der Waals surface area contributed by atoms with Crippen molar-refractivity contribution in [2.24, 2.45) is 0 Å². The van der Waals surface area contributed by atoms with Crippen molar-refractivity contribution < 1.29 is 34.4 Å². The number of rotatable bonds is 15. The Morgan fingerprint density at radius 3 is 2.31 bits per heavy atom. The number of ether oxygens (including phenoxy) is 2. The van der Waals surface area contributed by atoms with Crippen LogP contribution in [0.2, 0.25) is 0 Å². The number of nitrogens with one attached hydrogen (secondary N) is 4. The van der Waals surface area contributed by atoms with Crippen LogP contribution in [0, 0.1) is 13.8 Å². The first-order valence-electron chi connectivity index (χ1n) is 16.4. The minimum absolute atomic E-state index is 0.111. The lowest BCUT2D eigenvalue weighted by Gasteiger charge is -2.10. The van der Waals surface area contributed by atoms with E-state index in [2.05, 4.69) is 82.2 Å². The second-order valence-electron chi connectivity index (χ2n) is 11.1. The molecule has 0 spiro atoms. The number of phenols is 1. The van der Waals surface area contributed by atoms with Crippen LogP contribution in [0.4, 0.5) is 16.2 Å². The fourth-order valence-corrected chi connectivity index (χ4v) is 3.87. The number of carbonyl (C=O) groups is 2. The van der Waals surface area contributed by atoms with Crippen molar-refractivity contribution in [3.8, 4) is 5.75 Å². The molecule has 0 radical (unpaired) electrons. The number of allylic oxidation sites excluding steroid dienone is 5. The number of aromatic amines is 1. The number of hydrogen-bond acceptors (Lipinski definition) is 8. The summed E-state index contributed by atoms with van der Waals surface area (Å²) in [5, 5.41) is 34.8. The molecule has 7 N–H and O–H groups in total. The second-order valence-corrected chi connectivity index (χ2v) is 11.1. The molecule has 1 heterocycles. The first-order valence-corrected chi connectivity index (χ1v) is 16.4. The number of amides is 2. The third-order valence-corrected chi connectivity index (χ3v) is 6.56. The zero-order chi connectivity index (χ0) is 38.6. The van der Waals surface area contributed by atoms with Crippen molar-refractivity contribution in [1.82, 2.24) is 10.3 Å². The first kappa shape index (κ1) is 45.5. The van der Waals surface area contributed by atoms with Crippen LogP contribution in [0.5, 0.6) is 5.75 Å². The number of H-pyrrole nitrogens is 1. The number of anilines is 2. The first-order chi connectivity index (χ1) is 24.3. The highest BCUT2D eigenvalue weighted by Crippen LogP contribution is 2.20. The Morgan fingerprint density at radius 1 is 1.08 bits per heavy atom. The summed E-state index contributed by atoms with van der Waals surface area (Å²) in [6, 6.07) is 14.0.